The highest BCUT2D eigenvalue weighted by Crippen LogP contribution is 2.34. The minimum absolute atomic E-state index is 0.0510. The molecule has 0 unspecified atom stereocenters. The summed E-state index contributed by atoms with van der Waals surface area (Å²) >= 11 is 0. The number of carbonyl (C=O) groups excluding carboxylic acids is 1. The van der Waals surface area contributed by atoms with Crippen molar-refractivity contribution >= 4 is 11.9 Å². The number of carboxylic acid groups (broad SMARTS) is 1. The second kappa shape index (κ2) is 8.27. The molecule has 0 aromatic carbocycles. The number of aliphatic carboxylic acids is 1. The number of alkyl halides is 6. The van der Waals surface area contributed by atoms with Gasteiger partial charge in [0, 0.05) is 12.8 Å². The molecule has 13 heteroatoms. The molecule has 0 spiro atoms. The molecule has 0 fully saturated rings. The molecule has 7 nitrogen and oxygen atoms in total. The third-order valence-electron chi connectivity index (χ3n) is 3.37. The van der Waals surface area contributed by atoms with Crippen LogP contribution in [0, 0.1) is 0 Å². The first-order valence-corrected chi connectivity index (χ1v) is 7.35. The number of rotatable bonds is 7. The Kier molecular flexibility index (Phi) is 7.02. The quantitative estimate of drug-likeness (QED) is 0.377. The fourth-order valence-electron chi connectivity index (χ4n) is 2.24. The van der Waals surface area contributed by atoms with Crippen molar-refractivity contribution in [2.24, 2.45) is 5.73 Å². The molecule has 1 rings (SSSR count). The Hall–Kier alpha value is -2.12. The number of carbonyl (C=O) groups is 2. The van der Waals surface area contributed by atoms with Crippen LogP contribution in [0.3, 0.4) is 0 Å². The van der Waals surface area contributed by atoms with Gasteiger partial charge in [-0.2, -0.15) is 13.2 Å². The van der Waals surface area contributed by atoms with E-state index >= 15 is 0 Å². The fraction of sp³-hybridized carbons (Fsp3) is 0.571. The zero-order valence-electron chi connectivity index (χ0n) is 13.5. The highest BCUT2D eigenvalue weighted by Gasteiger charge is 2.46. The molecule has 0 saturated carbocycles. The standard InChI is InChI=1S/C14H16F6N2O5/c15-13(16,17)4-3-8(23)11(26)22-9-2-1-7(5-10(24)25)6-12(9,21)27-14(18,19)20/h1-2,8,23H,3-6,21H2,(H,22,26)(H,24,25)/t8-,12+/m0/s1. The second-order valence-electron chi connectivity index (χ2n) is 5.75. The van der Waals surface area contributed by atoms with Crippen LogP contribution in [0.15, 0.2) is 23.4 Å². The van der Waals surface area contributed by atoms with E-state index in [0.29, 0.717) is 0 Å². The van der Waals surface area contributed by atoms with Crippen LogP contribution in [0.4, 0.5) is 26.3 Å². The van der Waals surface area contributed by atoms with Gasteiger partial charge in [-0.15, -0.1) is 13.2 Å². The SMILES string of the molecule is N[C@@]1(OC(F)(F)F)CC(CC(=O)O)=CC=C1NC(=O)[C@@H](O)CCC(F)(F)F. The van der Waals surface area contributed by atoms with Gasteiger partial charge in [0.05, 0.1) is 12.1 Å². The molecular formula is C14H16F6N2O5. The highest BCUT2D eigenvalue weighted by molar-refractivity contribution is 5.82. The van der Waals surface area contributed by atoms with E-state index < -0.39 is 67.6 Å². The Morgan fingerprint density at radius 2 is 1.85 bits per heavy atom. The van der Waals surface area contributed by atoms with Gasteiger partial charge >= 0.3 is 18.5 Å². The third kappa shape index (κ3) is 7.97. The van der Waals surface area contributed by atoms with E-state index in [1.54, 1.807) is 5.32 Å². The number of ether oxygens (including phenoxy) is 1. The number of aliphatic hydroxyl groups is 1. The lowest BCUT2D eigenvalue weighted by molar-refractivity contribution is -0.360. The van der Waals surface area contributed by atoms with E-state index in [4.69, 9.17) is 10.8 Å². The molecular weight excluding hydrogens is 390 g/mol. The zero-order chi connectivity index (χ0) is 21.0. The minimum Gasteiger partial charge on any atom is -0.481 e. The largest absolute Gasteiger partial charge is 0.524 e. The number of hydrogen-bond acceptors (Lipinski definition) is 5. The first kappa shape index (κ1) is 22.9. The van der Waals surface area contributed by atoms with Crippen LogP contribution in [-0.4, -0.2) is 46.5 Å². The van der Waals surface area contributed by atoms with Crippen molar-refractivity contribution in [2.45, 2.75) is 50.1 Å². The van der Waals surface area contributed by atoms with Gasteiger partial charge in [-0.3, -0.25) is 20.1 Å². The van der Waals surface area contributed by atoms with Crippen molar-refractivity contribution in [1.29, 1.82) is 0 Å². The topological polar surface area (TPSA) is 122 Å². The maximum absolute atomic E-state index is 12.6. The van der Waals surface area contributed by atoms with Crippen molar-refractivity contribution in [1.82, 2.24) is 5.32 Å². The molecule has 0 bridgehead atoms. The van der Waals surface area contributed by atoms with Crippen molar-refractivity contribution in [2.75, 3.05) is 0 Å². The summed E-state index contributed by atoms with van der Waals surface area (Å²) in [6.07, 6.45) is -14.1. The van der Waals surface area contributed by atoms with Gasteiger partial charge in [-0.1, -0.05) is 11.6 Å². The number of allylic oxidation sites excluding steroid dienone is 2. The Morgan fingerprint density at radius 1 is 1.26 bits per heavy atom. The summed E-state index contributed by atoms with van der Waals surface area (Å²) in [7, 11) is 0. The van der Waals surface area contributed by atoms with Gasteiger partial charge in [0.25, 0.3) is 5.91 Å². The van der Waals surface area contributed by atoms with E-state index in [-0.39, 0.29) is 5.57 Å². The monoisotopic (exact) mass is 406 g/mol. The molecule has 0 aromatic heterocycles. The molecule has 27 heavy (non-hydrogen) atoms. The average Bonchev–Trinajstić information content (AvgIpc) is 2.43. The summed E-state index contributed by atoms with van der Waals surface area (Å²) in [6, 6.07) is 0. The predicted molar refractivity (Wildman–Crippen MR) is 76.5 cm³/mol. The molecule has 5 N–H and O–H groups in total. The lowest BCUT2D eigenvalue weighted by Crippen LogP contribution is -2.55. The van der Waals surface area contributed by atoms with E-state index in [1.807, 2.05) is 0 Å². The van der Waals surface area contributed by atoms with Crippen molar-refractivity contribution in [3.8, 4) is 0 Å². The summed E-state index contributed by atoms with van der Waals surface area (Å²) in [6.45, 7) is 0. The number of nitrogens with one attached hydrogen (secondary N) is 1. The van der Waals surface area contributed by atoms with Gasteiger partial charge in [0.1, 0.15) is 6.10 Å². The molecule has 2 atom stereocenters. The molecule has 1 aliphatic rings. The van der Waals surface area contributed by atoms with Crippen molar-refractivity contribution in [3.05, 3.63) is 23.4 Å². The van der Waals surface area contributed by atoms with Gasteiger partial charge in [0.15, 0.2) is 5.72 Å². The van der Waals surface area contributed by atoms with E-state index in [0.717, 1.165) is 12.2 Å². The number of aliphatic hydroxyl groups excluding tert-OH is 1. The summed E-state index contributed by atoms with van der Waals surface area (Å²) < 4.78 is 78.1. The molecule has 0 radical (unpaired) electrons. The predicted octanol–water partition coefficient (Wildman–Crippen LogP) is 1.69. The van der Waals surface area contributed by atoms with Crippen molar-refractivity contribution in [3.63, 3.8) is 0 Å². The van der Waals surface area contributed by atoms with Crippen LogP contribution in [0.25, 0.3) is 0 Å². The number of amides is 1. The van der Waals surface area contributed by atoms with Crippen LogP contribution in [0.2, 0.25) is 0 Å². The van der Waals surface area contributed by atoms with Crippen LogP contribution in [-0.2, 0) is 14.3 Å². The Balaban J connectivity index is 2.97. The van der Waals surface area contributed by atoms with Gasteiger partial charge in [-0.05, 0) is 12.5 Å². The maximum atomic E-state index is 12.6. The Morgan fingerprint density at radius 3 is 2.33 bits per heavy atom. The lowest BCUT2D eigenvalue weighted by atomic mass is 9.92. The van der Waals surface area contributed by atoms with Crippen LogP contribution < -0.4 is 11.1 Å². The molecule has 154 valence electrons. The van der Waals surface area contributed by atoms with Crippen LogP contribution in [0.5, 0.6) is 0 Å². The first-order chi connectivity index (χ1) is 12.1. The molecule has 0 saturated heterocycles. The van der Waals surface area contributed by atoms with E-state index in [9.17, 15) is 41.0 Å². The minimum atomic E-state index is -5.26. The first-order valence-electron chi connectivity index (χ1n) is 7.35. The summed E-state index contributed by atoms with van der Waals surface area (Å²) in [4.78, 5) is 22.5. The summed E-state index contributed by atoms with van der Waals surface area (Å²) in [5.41, 5.74) is 2.06. The third-order valence-corrected chi connectivity index (χ3v) is 3.37. The fourth-order valence-corrected chi connectivity index (χ4v) is 2.24. The number of carboxylic acids is 1. The number of nitrogens with two attached hydrogens (primary N) is 1. The molecule has 0 aromatic rings. The zero-order valence-corrected chi connectivity index (χ0v) is 13.5. The lowest BCUT2D eigenvalue weighted by Gasteiger charge is -2.35. The molecule has 1 amide bonds. The molecule has 0 heterocycles. The smallest absolute Gasteiger partial charge is 0.481 e. The van der Waals surface area contributed by atoms with Gasteiger partial charge < -0.3 is 15.5 Å². The second-order valence-corrected chi connectivity index (χ2v) is 5.75. The Labute approximate surface area is 148 Å². The summed E-state index contributed by atoms with van der Waals surface area (Å²) in [5.74, 6) is -2.76. The average molecular weight is 406 g/mol. The van der Waals surface area contributed by atoms with Crippen LogP contribution >= 0.6 is 0 Å². The van der Waals surface area contributed by atoms with Gasteiger partial charge in [-0.25, -0.2) is 0 Å². The van der Waals surface area contributed by atoms with Crippen molar-refractivity contribution < 1.29 is 50.9 Å². The van der Waals surface area contributed by atoms with E-state index in [2.05, 4.69) is 4.74 Å². The highest BCUT2D eigenvalue weighted by atomic mass is 19.4. The summed E-state index contributed by atoms with van der Waals surface area (Å²) in [5, 5.41) is 20.0. The Bertz CT molecular complexity index is 643. The number of halogens is 6. The normalized spacial score (nSPS) is 21.9. The number of hydrogen-bond donors (Lipinski definition) is 4. The molecule has 0 aliphatic heterocycles. The van der Waals surface area contributed by atoms with Gasteiger partial charge in [0.2, 0.25) is 0 Å². The van der Waals surface area contributed by atoms with Crippen LogP contribution in [0.1, 0.15) is 25.7 Å². The maximum Gasteiger partial charge on any atom is 0.524 e. The molecule has 1 aliphatic carbocycles. The van der Waals surface area contributed by atoms with E-state index in [1.165, 1.54) is 0 Å².